The fourth-order valence-electron chi connectivity index (χ4n) is 6.04. The fourth-order valence-corrected chi connectivity index (χ4v) is 6.45. The van der Waals surface area contributed by atoms with Crippen molar-refractivity contribution in [2.24, 2.45) is 11.3 Å². The van der Waals surface area contributed by atoms with Gasteiger partial charge in [-0.1, -0.05) is 39.2 Å². The first-order chi connectivity index (χ1) is 21.0. The van der Waals surface area contributed by atoms with E-state index in [2.05, 4.69) is 32.8 Å². The number of likely N-dealkylation sites (tertiary alicyclic amines) is 1. The number of fused-ring (bicyclic) bond motifs is 1. The molecule has 2 heterocycles. The van der Waals surface area contributed by atoms with Crippen LogP contribution in [0.3, 0.4) is 0 Å². The van der Waals surface area contributed by atoms with Crippen molar-refractivity contribution in [2.75, 3.05) is 26.9 Å². The summed E-state index contributed by atoms with van der Waals surface area (Å²) >= 11 is 3.46. The number of amides is 2. The average molecular weight is 675 g/mol. The highest BCUT2D eigenvalue weighted by molar-refractivity contribution is 9.10. The standard InChI is InChI=1S/C33H44BrN3O7/c1-6-15-33(3,4)20-43-32(40)36-28(21-11-9-8-10-12-21)30(38)37-19-24(18-26(37)31(39)42-7-2)44-29-25-14-13-23(41-5)16-22(25)17-27(34)35-29/h6,13-14,16-17,21,24,26,28H,1,7-12,15,18-20H2,2-5H3,(H,36,40)/t24-,26+,28+/m1/s1. The third kappa shape index (κ3) is 8.43. The van der Waals surface area contributed by atoms with Gasteiger partial charge in [-0.25, -0.2) is 14.6 Å². The van der Waals surface area contributed by atoms with Gasteiger partial charge >= 0.3 is 12.1 Å². The van der Waals surface area contributed by atoms with Gasteiger partial charge in [-0.3, -0.25) is 4.79 Å². The van der Waals surface area contributed by atoms with E-state index in [1.165, 1.54) is 4.90 Å². The van der Waals surface area contributed by atoms with Crippen LogP contribution < -0.4 is 14.8 Å². The molecule has 0 unspecified atom stereocenters. The predicted molar refractivity (Wildman–Crippen MR) is 171 cm³/mol. The summed E-state index contributed by atoms with van der Waals surface area (Å²) in [7, 11) is 1.60. The smallest absolute Gasteiger partial charge is 0.407 e. The third-order valence-electron chi connectivity index (χ3n) is 8.31. The maximum Gasteiger partial charge on any atom is 0.407 e. The summed E-state index contributed by atoms with van der Waals surface area (Å²) < 4.78 is 23.3. The Hall–Kier alpha value is -3.34. The molecule has 240 valence electrons. The van der Waals surface area contributed by atoms with Crippen molar-refractivity contribution >= 4 is 44.7 Å². The Morgan fingerprint density at radius 3 is 2.61 bits per heavy atom. The molecule has 1 N–H and O–H groups in total. The first kappa shape index (κ1) is 33.6. The van der Waals surface area contributed by atoms with Gasteiger partial charge in [0.2, 0.25) is 11.8 Å². The SMILES string of the molecule is C=CCC(C)(C)COC(=O)N[C@H](C(=O)N1C[C@H](Oc2nc(Br)cc3cc(OC)ccc23)C[C@H]1C(=O)OCC)C1CCCCC1. The molecule has 1 aliphatic heterocycles. The molecule has 1 saturated carbocycles. The van der Waals surface area contributed by atoms with Crippen LogP contribution in [0.4, 0.5) is 4.79 Å². The van der Waals surface area contributed by atoms with Crippen molar-refractivity contribution in [2.45, 2.75) is 83.9 Å². The highest BCUT2D eigenvalue weighted by Gasteiger charge is 2.46. The summed E-state index contributed by atoms with van der Waals surface area (Å²) in [6, 6.07) is 5.76. The Bertz CT molecular complexity index is 1340. The minimum atomic E-state index is -0.860. The lowest BCUT2D eigenvalue weighted by atomic mass is 9.83. The summed E-state index contributed by atoms with van der Waals surface area (Å²) in [6.07, 6.45) is 6.15. The molecule has 1 aromatic carbocycles. The van der Waals surface area contributed by atoms with Crippen molar-refractivity contribution < 1.29 is 33.3 Å². The number of pyridine rings is 1. The van der Waals surface area contributed by atoms with Crippen LogP contribution in [0.15, 0.2) is 41.5 Å². The van der Waals surface area contributed by atoms with Crippen LogP contribution in [-0.2, 0) is 19.1 Å². The molecule has 2 aliphatic rings. The van der Waals surface area contributed by atoms with Gasteiger partial charge in [-0.15, -0.1) is 6.58 Å². The number of allylic oxidation sites excluding steroid dienone is 1. The van der Waals surface area contributed by atoms with Gasteiger partial charge in [-0.05, 0) is 77.7 Å². The summed E-state index contributed by atoms with van der Waals surface area (Å²) in [5.74, 6) is 0.177. The second-order valence-electron chi connectivity index (χ2n) is 12.3. The largest absolute Gasteiger partial charge is 0.497 e. The normalized spacial score (nSPS) is 19.7. The number of benzene rings is 1. The van der Waals surface area contributed by atoms with Crippen LogP contribution >= 0.6 is 15.9 Å². The number of ether oxygens (including phenoxy) is 4. The van der Waals surface area contributed by atoms with E-state index >= 15 is 0 Å². The number of methoxy groups -OCH3 is 1. The Morgan fingerprint density at radius 2 is 1.93 bits per heavy atom. The van der Waals surface area contributed by atoms with E-state index < -0.39 is 30.3 Å². The number of carbonyl (C=O) groups excluding carboxylic acids is 3. The van der Waals surface area contributed by atoms with Crippen LogP contribution in [0.25, 0.3) is 10.8 Å². The van der Waals surface area contributed by atoms with Crippen LogP contribution in [0, 0.1) is 11.3 Å². The highest BCUT2D eigenvalue weighted by atomic mass is 79.9. The number of nitrogens with zero attached hydrogens (tertiary/aromatic N) is 2. The van der Waals surface area contributed by atoms with Crippen molar-refractivity contribution in [1.82, 2.24) is 15.2 Å². The molecule has 2 aromatic rings. The first-order valence-corrected chi connectivity index (χ1v) is 16.2. The number of halogens is 1. The van der Waals surface area contributed by atoms with Crippen LogP contribution in [-0.4, -0.2) is 72.9 Å². The molecule has 11 heteroatoms. The van der Waals surface area contributed by atoms with Gasteiger partial charge in [-0.2, -0.15) is 0 Å². The molecule has 1 aliphatic carbocycles. The topological polar surface area (TPSA) is 116 Å². The van der Waals surface area contributed by atoms with E-state index in [4.69, 9.17) is 18.9 Å². The van der Waals surface area contributed by atoms with E-state index in [-0.39, 0.29) is 43.4 Å². The molecule has 2 amide bonds. The second kappa shape index (κ2) is 15.1. The summed E-state index contributed by atoms with van der Waals surface area (Å²) in [5, 5.41) is 4.51. The van der Waals surface area contributed by atoms with Crippen molar-refractivity contribution in [3.8, 4) is 11.6 Å². The number of aromatic nitrogens is 1. The number of carbonyl (C=O) groups is 3. The Balaban J connectivity index is 1.57. The number of hydrogen-bond donors (Lipinski definition) is 1. The van der Waals surface area contributed by atoms with E-state index in [9.17, 15) is 14.4 Å². The molecule has 4 rings (SSSR count). The highest BCUT2D eigenvalue weighted by Crippen LogP contribution is 2.34. The Labute approximate surface area is 268 Å². The van der Waals surface area contributed by atoms with Gasteiger partial charge in [0, 0.05) is 17.2 Å². The zero-order chi connectivity index (χ0) is 31.9. The minimum Gasteiger partial charge on any atom is -0.497 e. The molecular weight excluding hydrogens is 630 g/mol. The number of rotatable bonds is 12. The van der Waals surface area contributed by atoms with Crippen LogP contribution in [0.5, 0.6) is 11.6 Å². The molecule has 0 spiro atoms. The second-order valence-corrected chi connectivity index (χ2v) is 13.1. The molecule has 1 saturated heterocycles. The third-order valence-corrected chi connectivity index (χ3v) is 8.71. The number of alkyl carbamates (subject to hydrolysis) is 1. The van der Waals surface area contributed by atoms with Gasteiger partial charge in [0.25, 0.3) is 0 Å². The maximum absolute atomic E-state index is 14.3. The molecular formula is C33H44BrN3O7. The van der Waals surface area contributed by atoms with Gasteiger partial charge in [0.05, 0.1) is 26.9 Å². The summed E-state index contributed by atoms with van der Waals surface area (Å²) in [6.45, 7) is 9.98. The number of esters is 1. The maximum atomic E-state index is 14.3. The van der Waals surface area contributed by atoms with E-state index in [0.717, 1.165) is 42.9 Å². The minimum absolute atomic E-state index is 0.0709. The molecule has 0 radical (unpaired) electrons. The zero-order valence-corrected chi connectivity index (χ0v) is 27.7. The van der Waals surface area contributed by atoms with Gasteiger partial charge < -0.3 is 29.2 Å². The fraction of sp³-hybridized carbons (Fsp3) is 0.576. The van der Waals surface area contributed by atoms with Crippen molar-refractivity contribution in [3.05, 3.63) is 41.5 Å². The number of nitrogens with one attached hydrogen (secondary N) is 1. The lowest BCUT2D eigenvalue weighted by molar-refractivity contribution is -0.154. The lowest BCUT2D eigenvalue weighted by Crippen LogP contribution is -2.55. The van der Waals surface area contributed by atoms with Crippen LogP contribution in [0.1, 0.15) is 65.7 Å². The molecule has 3 atom stereocenters. The van der Waals surface area contributed by atoms with Crippen LogP contribution in [0.2, 0.25) is 0 Å². The monoisotopic (exact) mass is 673 g/mol. The zero-order valence-electron chi connectivity index (χ0n) is 26.1. The lowest BCUT2D eigenvalue weighted by Gasteiger charge is -2.34. The van der Waals surface area contributed by atoms with E-state index in [0.29, 0.717) is 22.7 Å². The van der Waals surface area contributed by atoms with Crippen molar-refractivity contribution in [1.29, 1.82) is 0 Å². The molecule has 0 bridgehead atoms. The summed E-state index contributed by atoms with van der Waals surface area (Å²) in [5.41, 5.74) is -0.284. The van der Waals surface area contributed by atoms with E-state index in [1.807, 2.05) is 38.1 Å². The molecule has 10 nitrogen and oxygen atoms in total. The summed E-state index contributed by atoms with van der Waals surface area (Å²) in [4.78, 5) is 46.5. The molecule has 1 aromatic heterocycles. The predicted octanol–water partition coefficient (Wildman–Crippen LogP) is 6.19. The first-order valence-electron chi connectivity index (χ1n) is 15.4. The quantitative estimate of drug-likeness (QED) is 0.161. The van der Waals surface area contributed by atoms with Gasteiger partial charge in [0.1, 0.15) is 28.5 Å². The average Bonchev–Trinajstić information content (AvgIpc) is 3.42. The Morgan fingerprint density at radius 1 is 1.18 bits per heavy atom. The van der Waals surface area contributed by atoms with E-state index in [1.54, 1.807) is 20.1 Å². The molecule has 44 heavy (non-hydrogen) atoms. The number of hydrogen-bond acceptors (Lipinski definition) is 8. The molecule has 2 fully saturated rings. The van der Waals surface area contributed by atoms with Crippen molar-refractivity contribution in [3.63, 3.8) is 0 Å². The van der Waals surface area contributed by atoms with Gasteiger partial charge in [0.15, 0.2) is 0 Å². The Kier molecular flexibility index (Phi) is 11.5.